The lowest BCUT2D eigenvalue weighted by Gasteiger charge is -2.36. The molecule has 8 heteroatoms. The maximum absolute atomic E-state index is 13.0. The molecule has 2 aromatic carbocycles. The van der Waals surface area contributed by atoms with Gasteiger partial charge in [-0.3, -0.25) is 9.69 Å². The van der Waals surface area contributed by atoms with Gasteiger partial charge in [0.2, 0.25) is 5.91 Å². The van der Waals surface area contributed by atoms with Crippen LogP contribution >= 0.6 is 11.8 Å². The standard InChI is InChI=1S/C27H34N6OS/c34-26(32-18-16-31(17-19-32)24-12-6-2-7-13-24)22-35-27-29-28-25(21-30-14-8-3-9-15-30)33(27)20-23-10-4-1-5-11-23/h1-2,4-7,10-13H,3,8-9,14-22H2. The summed E-state index contributed by atoms with van der Waals surface area (Å²) < 4.78 is 2.20. The van der Waals surface area contributed by atoms with Gasteiger partial charge in [-0.05, 0) is 43.6 Å². The van der Waals surface area contributed by atoms with Crippen molar-refractivity contribution in [3.05, 3.63) is 72.1 Å². The van der Waals surface area contributed by atoms with E-state index in [0.717, 1.165) is 63.3 Å². The molecule has 0 aliphatic carbocycles. The second-order valence-corrected chi connectivity index (χ2v) is 10.2. The normalized spacial score (nSPS) is 17.0. The Labute approximate surface area is 212 Å². The van der Waals surface area contributed by atoms with Gasteiger partial charge < -0.3 is 14.4 Å². The Balaban J connectivity index is 1.21. The fraction of sp³-hybridized carbons (Fsp3) is 0.444. The molecule has 3 aromatic rings. The predicted molar refractivity (Wildman–Crippen MR) is 141 cm³/mol. The van der Waals surface area contributed by atoms with Crippen LogP contribution in [0.2, 0.25) is 0 Å². The third-order valence-electron chi connectivity index (χ3n) is 6.87. The molecule has 184 valence electrons. The van der Waals surface area contributed by atoms with Crippen molar-refractivity contribution in [3.63, 3.8) is 0 Å². The third-order valence-corrected chi connectivity index (χ3v) is 7.82. The molecule has 0 radical (unpaired) electrons. The first-order chi connectivity index (χ1) is 17.3. The SMILES string of the molecule is O=C(CSc1nnc(CN2CCCCC2)n1Cc1ccccc1)N1CCN(c2ccccc2)CC1. The highest BCUT2D eigenvalue weighted by Crippen LogP contribution is 2.22. The zero-order chi connectivity index (χ0) is 23.9. The Morgan fingerprint density at radius 2 is 1.46 bits per heavy atom. The highest BCUT2D eigenvalue weighted by molar-refractivity contribution is 7.99. The van der Waals surface area contributed by atoms with Gasteiger partial charge in [0.1, 0.15) is 5.82 Å². The molecule has 2 aliphatic rings. The molecule has 3 heterocycles. The summed E-state index contributed by atoms with van der Waals surface area (Å²) in [6, 6.07) is 20.9. The smallest absolute Gasteiger partial charge is 0.233 e. The Hall–Kier alpha value is -2.84. The number of carbonyl (C=O) groups is 1. The van der Waals surface area contributed by atoms with E-state index >= 15 is 0 Å². The molecular weight excluding hydrogens is 456 g/mol. The van der Waals surface area contributed by atoms with Gasteiger partial charge in [-0.1, -0.05) is 66.7 Å². The third kappa shape index (κ3) is 6.24. The number of piperazine rings is 1. The summed E-state index contributed by atoms with van der Waals surface area (Å²) in [6.07, 6.45) is 3.82. The van der Waals surface area contributed by atoms with E-state index in [9.17, 15) is 4.79 Å². The Bertz CT molecular complexity index is 1080. The molecule has 35 heavy (non-hydrogen) atoms. The topological polar surface area (TPSA) is 57.5 Å². The summed E-state index contributed by atoms with van der Waals surface area (Å²) in [6.45, 7) is 7.02. The van der Waals surface area contributed by atoms with E-state index in [1.54, 1.807) is 0 Å². The summed E-state index contributed by atoms with van der Waals surface area (Å²) in [7, 11) is 0. The zero-order valence-corrected chi connectivity index (χ0v) is 21.1. The minimum Gasteiger partial charge on any atom is -0.368 e. The van der Waals surface area contributed by atoms with Crippen LogP contribution in [0.5, 0.6) is 0 Å². The average molecular weight is 491 g/mol. The number of rotatable bonds is 8. The molecule has 5 rings (SSSR count). The van der Waals surface area contributed by atoms with Gasteiger partial charge >= 0.3 is 0 Å². The molecule has 0 spiro atoms. The fourth-order valence-electron chi connectivity index (χ4n) is 4.86. The first-order valence-electron chi connectivity index (χ1n) is 12.7. The number of likely N-dealkylation sites (tertiary alicyclic amines) is 1. The highest BCUT2D eigenvalue weighted by Gasteiger charge is 2.23. The number of carbonyl (C=O) groups excluding carboxylic acids is 1. The quantitative estimate of drug-likeness (QED) is 0.448. The Kier molecular flexibility index (Phi) is 8.00. The van der Waals surface area contributed by atoms with Crippen molar-refractivity contribution in [1.82, 2.24) is 24.6 Å². The van der Waals surface area contributed by atoms with Crippen LogP contribution in [0.15, 0.2) is 65.8 Å². The molecule has 7 nitrogen and oxygen atoms in total. The second-order valence-electron chi connectivity index (χ2n) is 9.30. The molecule has 0 N–H and O–H groups in total. The van der Waals surface area contributed by atoms with Crippen LogP contribution in [0.4, 0.5) is 5.69 Å². The van der Waals surface area contributed by atoms with Crippen LogP contribution in [-0.4, -0.2) is 75.5 Å². The summed E-state index contributed by atoms with van der Waals surface area (Å²) in [5, 5.41) is 9.91. The van der Waals surface area contributed by atoms with Gasteiger partial charge in [0.15, 0.2) is 5.16 Å². The minimum atomic E-state index is 0.176. The first kappa shape index (κ1) is 23.9. The van der Waals surface area contributed by atoms with Gasteiger partial charge in [0.25, 0.3) is 0 Å². The molecule has 2 saturated heterocycles. The van der Waals surface area contributed by atoms with E-state index < -0.39 is 0 Å². The number of hydrogen-bond donors (Lipinski definition) is 0. The zero-order valence-electron chi connectivity index (χ0n) is 20.3. The second kappa shape index (κ2) is 11.7. The maximum Gasteiger partial charge on any atom is 0.233 e. The van der Waals surface area contributed by atoms with Gasteiger partial charge in [-0.15, -0.1) is 10.2 Å². The van der Waals surface area contributed by atoms with Crippen molar-refractivity contribution < 1.29 is 4.79 Å². The molecule has 1 amide bonds. The van der Waals surface area contributed by atoms with Crippen LogP contribution in [-0.2, 0) is 17.9 Å². The van der Waals surface area contributed by atoms with E-state index in [0.29, 0.717) is 5.75 Å². The lowest BCUT2D eigenvalue weighted by Crippen LogP contribution is -2.49. The number of anilines is 1. The molecule has 0 saturated carbocycles. The molecule has 2 fully saturated rings. The largest absolute Gasteiger partial charge is 0.368 e. The minimum absolute atomic E-state index is 0.176. The Morgan fingerprint density at radius 3 is 2.17 bits per heavy atom. The van der Waals surface area contributed by atoms with Crippen molar-refractivity contribution in [2.75, 3.05) is 49.9 Å². The summed E-state index contributed by atoms with van der Waals surface area (Å²) in [4.78, 5) is 19.8. The molecule has 0 atom stereocenters. The molecular formula is C27H34N6OS. The summed E-state index contributed by atoms with van der Waals surface area (Å²) >= 11 is 1.51. The van der Waals surface area contributed by atoms with Crippen molar-refractivity contribution in [2.24, 2.45) is 0 Å². The number of nitrogens with zero attached hydrogens (tertiary/aromatic N) is 6. The maximum atomic E-state index is 13.0. The number of hydrogen-bond acceptors (Lipinski definition) is 6. The average Bonchev–Trinajstić information content (AvgIpc) is 3.29. The predicted octanol–water partition coefficient (Wildman–Crippen LogP) is 3.75. The van der Waals surface area contributed by atoms with Gasteiger partial charge in [0.05, 0.1) is 18.8 Å². The number of para-hydroxylation sites is 1. The number of thioether (sulfide) groups is 1. The number of benzene rings is 2. The van der Waals surface area contributed by atoms with Crippen molar-refractivity contribution in [1.29, 1.82) is 0 Å². The monoisotopic (exact) mass is 490 g/mol. The van der Waals surface area contributed by atoms with Crippen molar-refractivity contribution >= 4 is 23.4 Å². The highest BCUT2D eigenvalue weighted by atomic mass is 32.2. The molecule has 0 unspecified atom stereocenters. The van der Waals surface area contributed by atoms with E-state index in [1.807, 2.05) is 17.0 Å². The summed E-state index contributed by atoms with van der Waals surface area (Å²) in [5.41, 5.74) is 2.45. The summed E-state index contributed by atoms with van der Waals surface area (Å²) in [5.74, 6) is 1.55. The van der Waals surface area contributed by atoms with Crippen molar-refractivity contribution in [2.45, 2.75) is 37.5 Å². The molecule has 0 bridgehead atoms. The van der Waals surface area contributed by atoms with Gasteiger partial charge in [0, 0.05) is 31.9 Å². The van der Waals surface area contributed by atoms with E-state index in [4.69, 9.17) is 0 Å². The number of amides is 1. The van der Waals surface area contributed by atoms with E-state index in [2.05, 4.69) is 73.1 Å². The van der Waals surface area contributed by atoms with E-state index in [-0.39, 0.29) is 5.91 Å². The molecule has 1 aromatic heterocycles. The lowest BCUT2D eigenvalue weighted by molar-refractivity contribution is -0.128. The van der Waals surface area contributed by atoms with Crippen LogP contribution in [0.25, 0.3) is 0 Å². The fourth-order valence-corrected chi connectivity index (χ4v) is 5.71. The van der Waals surface area contributed by atoms with Crippen LogP contribution in [0.3, 0.4) is 0 Å². The number of aromatic nitrogens is 3. The van der Waals surface area contributed by atoms with Crippen LogP contribution in [0, 0.1) is 0 Å². The van der Waals surface area contributed by atoms with Crippen molar-refractivity contribution in [3.8, 4) is 0 Å². The molecule has 2 aliphatic heterocycles. The Morgan fingerprint density at radius 1 is 0.771 bits per heavy atom. The van der Waals surface area contributed by atoms with E-state index in [1.165, 1.54) is 42.3 Å². The van der Waals surface area contributed by atoms with Gasteiger partial charge in [-0.2, -0.15) is 0 Å². The lowest BCUT2D eigenvalue weighted by atomic mass is 10.1. The number of piperidine rings is 1. The van der Waals surface area contributed by atoms with Crippen LogP contribution < -0.4 is 4.90 Å². The van der Waals surface area contributed by atoms with Crippen LogP contribution in [0.1, 0.15) is 30.7 Å². The van der Waals surface area contributed by atoms with Gasteiger partial charge in [-0.25, -0.2) is 0 Å². The first-order valence-corrected chi connectivity index (χ1v) is 13.6.